The summed E-state index contributed by atoms with van der Waals surface area (Å²) in [6.45, 7) is 14.4. The van der Waals surface area contributed by atoms with Crippen molar-refractivity contribution in [2.75, 3.05) is 0 Å². The molecule has 0 aromatic rings. The summed E-state index contributed by atoms with van der Waals surface area (Å²) in [5, 5.41) is 10.3. The molecule has 36 heavy (non-hydrogen) atoms. The highest BCUT2D eigenvalue weighted by molar-refractivity contribution is 5.66. The number of carbonyl (C=O) groups excluding carboxylic acids is 1. The van der Waals surface area contributed by atoms with Crippen molar-refractivity contribution in [3.05, 3.63) is 35.5 Å². The average Bonchev–Trinajstić information content (AvgIpc) is 3.56. The zero-order valence-corrected chi connectivity index (χ0v) is 23.4. The maximum Gasteiger partial charge on any atom is 0.302 e. The van der Waals surface area contributed by atoms with Crippen LogP contribution in [-0.4, -0.2) is 29.0 Å². The van der Waals surface area contributed by atoms with Crippen molar-refractivity contribution in [1.82, 2.24) is 0 Å². The molecule has 0 heterocycles. The third-order valence-electron chi connectivity index (χ3n) is 10.3. The SMILES string of the molecule is C=C1C(=CC=C2CCC[C@@]3(C)C2CC[C@@H]3[C@](C)(CCCC(C)(C)O)C2CC2)C[C@@H](OC(C)=O)C[C@@H]1F. The molecule has 4 heteroatoms. The van der Waals surface area contributed by atoms with Gasteiger partial charge in [0.1, 0.15) is 12.3 Å². The van der Waals surface area contributed by atoms with E-state index in [1.165, 1.54) is 57.4 Å². The molecule has 4 fully saturated rings. The number of esters is 1. The van der Waals surface area contributed by atoms with Crippen LogP contribution >= 0.6 is 0 Å². The Hall–Kier alpha value is -1.42. The van der Waals surface area contributed by atoms with Crippen molar-refractivity contribution < 1.29 is 19.0 Å². The first-order chi connectivity index (χ1) is 16.8. The molecule has 1 N–H and O–H groups in total. The van der Waals surface area contributed by atoms with E-state index in [2.05, 4.69) is 32.6 Å². The lowest BCUT2D eigenvalue weighted by atomic mass is 9.55. The highest BCUT2D eigenvalue weighted by Gasteiger charge is 2.58. The second-order valence-corrected chi connectivity index (χ2v) is 13.6. The van der Waals surface area contributed by atoms with Crippen LogP contribution in [0.5, 0.6) is 0 Å². The van der Waals surface area contributed by atoms with E-state index in [-0.39, 0.29) is 12.4 Å². The number of fused-ring (bicyclic) bond motifs is 1. The molecular weight excluding hydrogens is 451 g/mol. The van der Waals surface area contributed by atoms with Gasteiger partial charge in [-0.1, -0.05) is 44.6 Å². The Bertz CT molecular complexity index is 907. The number of hydrogen-bond donors (Lipinski definition) is 1. The number of allylic oxidation sites excluding steroid dienone is 4. The van der Waals surface area contributed by atoms with Gasteiger partial charge in [0.25, 0.3) is 0 Å². The Morgan fingerprint density at radius 2 is 1.92 bits per heavy atom. The first-order valence-electron chi connectivity index (χ1n) is 14.5. The quantitative estimate of drug-likeness (QED) is 0.343. The van der Waals surface area contributed by atoms with Crippen molar-refractivity contribution in [3.8, 4) is 0 Å². The van der Waals surface area contributed by atoms with Crippen LogP contribution < -0.4 is 0 Å². The Balaban J connectivity index is 1.53. The number of hydrogen-bond acceptors (Lipinski definition) is 3. The van der Waals surface area contributed by atoms with E-state index < -0.39 is 17.9 Å². The molecule has 202 valence electrons. The fourth-order valence-electron chi connectivity index (χ4n) is 8.37. The number of ether oxygens (including phenoxy) is 1. The molecule has 0 saturated heterocycles. The van der Waals surface area contributed by atoms with Gasteiger partial charge in [-0.2, -0.15) is 0 Å². The van der Waals surface area contributed by atoms with Crippen LogP contribution in [0.1, 0.15) is 112 Å². The number of aliphatic hydroxyl groups is 1. The second-order valence-electron chi connectivity index (χ2n) is 13.6. The lowest BCUT2D eigenvalue weighted by molar-refractivity contribution is -0.147. The lowest BCUT2D eigenvalue weighted by Crippen LogP contribution is -2.42. The van der Waals surface area contributed by atoms with Gasteiger partial charge >= 0.3 is 5.97 Å². The molecule has 0 aromatic carbocycles. The van der Waals surface area contributed by atoms with E-state index in [1.807, 2.05) is 13.8 Å². The zero-order valence-electron chi connectivity index (χ0n) is 23.4. The molecule has 1 unspecified atom stereocenters. The minimum absolute atomic E-state index is 0.210. The van der Waals surface area contributed by atoms with Crippen LogP contribution in [0.15, 0.2) is 35.5 Å². The zero-order chi connectivity index (χ0) is 26.3. The summed E-state index contributed by atoms with van der Waals surface area (Å²) >= 11 is 0. The number of carbonyl (C=O) groups is 1. The highest BCUT2D eigenvalue weighted by Crippen LogP contribution is 2.67. The summed E-state index contributed by atoms with van der Waals surface area (Å²) < 4.78 is 20.0. The maximum absolute atomic E-state index is 14.6. The molecule has 0 bridgehead atoms. The Kier molecular flexibility index (Phi) is 7.97. The smallest absolute Gasteiger partial charge is 0.302 e. The van der Waals surface area contributed by atoms with Gasteiger partial charge in [-0.25, -0.2) is 4.39 Å². The fraction of sp³-hybridized carbons (Fsp3) is 0.781. The summed E-state index contributed by atoms with van der Waals surface area (Å²) in [6, 6.07) is 0. The third-order valence-corrected chi connectivity index (χ3v) is 10.3. The molecule has 0 aromatic heterocycles. The normalized spacial score (nSPS) is 37.1. The molecule has 4 rings (SSSR count). The molecule has 3 nitrogen and oxygen atoms in total. The van der Waals surface area contributed by atoms with Crippen LogP contribution in [0.25, 0.3) is 0 Å². The molecule has 4 aliphatic rings. The molecule has 4 saturated carbocycles. The summed E-state index contributed by atoms with van der Waals surface area (Å²) in [5.74, 6) is 1.79. The van der Waals surface area contributed by atoms with Crippen molar-refractivity contribution in [3.63, 3.8) is 0 Å². The summed E-state index contributed by atoms with van der Waals surface area (Å²) in [7, 11) is 0. The van der Waals surface area contributed by atoms with Gasteiger partial charge in [-0.15, -0.1) is 0 Å². The average molecular weight is 501 g/mol. The summed E-state index contributed by atoms with van der Waals surface area (Å²) in [6.07, 6.45) is 15.6. The van der Waals surface area contributed by atoms with E-state index >= 15 is 0 Å². The Morgan fingerprint density at radius 1 is 1.19 bits per heavy atom. The lowest BCUT2D eigenvalue weighted by Gasteiger charge is -2.50. The van der Waals surface area contributed by atoms with Crippen LogP contribution in [0, 0.1) is 28.6 Å². The number of alkyl halides is 1. The van der Waals surface area contributed by atoms with Gasteiger partial charge < -0.3 is 9.84 Å². The largest absolute Gasteiger partial charge is 0.462 e. The minimum Gasteiger partial charge on any atom is -0.462 e. The molecule has 6 atom stereocenters. The first kappa shape index (κ1) is 27.6. The second kappa shape index (κ2) is 10.4. The summed E-state index contributed by atoms with van der Waals surface area (Å²) in [5.41, 5.74) is 3.03. The number of halogens is 1. The predicted molar refractivity (Wildman–Crippen MR) is 144 cm³/mol. The molecule has 0 amide bonds. The Morgan fingerprint density at radius 3 is 2.56 bits per heavy atom. The first-order valence-corrected chi connectivity index (χ1v) is 14.5. The van der Waals surface area contributed by atoms with E-state index in [9.17, 15) is 14.3 Å². The molecule has 0 spiro atoms. The van der Waals surface area contributed by atoms with Gasteiger partial charge in [-0.3, -0.25) is 4.79 Å². The van der Waals surface area contributed by atoms with Crippen molar-refractivity contribution in [1.29, 1.82) is 0 Å². The maximum atomic E-state index is 14.6. The standard InChI is InChI=1S/C32H49FO3/c1-21-24(19-26(20-28(21)33)36-22(2)34)11-10-23-9-7-17-32(6)27(23)14-15-29(32)31(5,25-12-13-25)18-8-16-30(3,4)35/h10-11,25-29,35H,1,7-9,12-20H2,2-6H3/t26-,27?,28+,29-,31-,32+/m1/s1. The molecule has 4 aliphatic carbocycles. The highest BCUT2D eigenvalue weighted by atomic mass is 19.1. The van der Waals surface area contributed by atoms with Gasteiger partial charge in [0.15, 0.2) is 0 Å². The van der Waals surface area contributed by atoms with Gasteiger partial charge in [0.05, 0.1) is 5.60 Å². The fourth-order valence-corrected chi connectivity index (χ4v) is 8.37. The summed E-state index contributed by atoms with van der Waals surface area (Å²) in [4.78, 5) is 11.4. The van der Waals surface area contributed by atoms with Crippen LogP contribution in [-0.2, 0) is 9.53 Å². The predicted octanol–water partition coefficient (Wildman–Crippen LogP) is 8.03. The van der Waals surface area contributed by atoms with Crippen molar-refractivity contribution in [2.24, 2.45) is 28.6 Å². The monoisotopic (exact) mass is 500 g/mol. The van der Waals surface area contributed by atoms with Crippen LogP contribution in [0.3, 0.4) is 0 Å². The molecule has 0 radical (unpaired) electrons. The van der Waals surface area contributed by atoms with Crippen molar-refractivity contribution >= 4 is 5.97 Å². The van der Waals surface area contributed by atoms with Crippen molar-refractivity contribution in [2.45, 2.75) is 130 Å². The Labute approximate surface area is 218 Å². The molecular formula is C32H49FO3. The molecule has 0 aliphatic heterocycles. The number of rotatable bonds is 8. The van der Waals surface area contributed by atoms with E-state index in [4.69, 9.17) is 4.74 Å². The van der Waals surface area contributed by atoms with E-state index in [1.54, 1.807) is 0 Å². The van der Waals surface area contributed by atoms with E-state index in [0.29, 0.717) is 34.7 Å². The topological polar surface area (TPSA) is 46.5 Å². The third kappa shape index (κ3) is 5.84. The van der Waals surface area contributed by atoms with Crippen LogP contribution in [0.4, 0.5) is 4.39 Å². The van der Waals surface area contributed by atoms with Gasteiger partial charge in [-0.05, 0) is 111 Å². The van der Waals surface area contributed by atoms with E-state index in [0.717, 1.165) is 30.8 Å². The minimum atomic E-state index is -1.15. The van der Waals surface area contributed by atoms with Crippen LogP contribution in [0.2, 0.25) is 0 Å². The van der Waals surface area contributed by atoms with Gasteiger partial charge in [0.2, 0.25) is 0 Å². The van der Waals surface area contributed by atoms with Gasteiger partial charge in [0, 0.05) is 19.8 Å².